The number of ether oxygens (including phenoxy) is 1. The van der Waals surface area contributed by atoms with Gasteiger partial charge in [-0.2, -0.15) is 0 Å². The van der Waals surface area contributed by atoms with E-state index in [2.05, 4.69) is 39.3 Å². The fraction of sp³-hybridized carbons (Fsp3) is 0.222. The van der Waals surface area contributed by atoms with Crippen LogP contribution in [-0.2, 0) is 13.1 Å². The van der Waals surface area contributed by atoms with Crippen LogP contribution >= 0.6 is 0 Å². The highest BCUT2D eigenvalue weighted by Gasteiger charge is 2.20. The summed E-state index contributed by atoms with van der Waals surface area (Å²) in [5.74, 6) is 0.529. The molecule has 1 aliphatic heterocycles. The van der Waals surface area contributed by atoms with Gasteiger partial charge in [-0.05, 0) is 60.6 Å². The van der Waals surface area contributed by atoms with Gasteiger partial charge in [-0.15, -0.1) is 0 Å². The summed E-state index contributed by atoms with van der Waals surface area (Å²) < 4.78 is 5.30. The van der Waals surface area contributed by atoms with E-state index in [1.54, 1.807) is 19.2 Å². The summed E-state index contributed by atoms with van der Waals surface area (Å²) in [6.07, 6.45) is 0. The first-order chi connectivity index (χ1) is 21.5. The fourth-order valence-electron chi connectivity index (χ4n) is 5.56. The normalized spacial score (nSPS) is 14.5. The van der Waals surface area contributed by atoms with Gasteiger partial charge in [-0.25, -0.2) is 4.99 Å². The first-order valence-corrected chi connectivity index (χ1v) is 14.9. The molecule has 1 fully saturated rings. The maximum atomic E-state index is 13.2. The first-order valence-electron chi connectivity index (χ1n) is 14.9. The van der Waals surface area contributed by atoms with Crippen LogP contribution in [0.1, 0.15) is 32.6 Å². The molecule has 224 valence electrons. The number of aromatic hydroxyl groups is 1. The van der Waals surface area contributed by atoms with Crippen LogP contribution in [0.4, 0.5) is 5.69 Å². The standard InChI is InChI=1S/C36H37N5O3/c1-40-17-19-41(20-18-40)24-25-11-14-29(15-12-25)38-34(27-8-4-3-5-9-27)33-31-22-28(13-16-32(31)39-36(33)43)35(42)37-23-26-7-6-10-30(21-26)44-2/h3-16,21-22,39,43H,17-20,23-24H2,1-2H3,(H,37,42). The molecule has 2 heterocycles. The fourth-order valence-corrected chi connectivity index (χ4v) is 5.56. The van der Waals surface area contributed by atoms with E-state index in [0.29, 0.717) is 34.3 Å². The molecule has 8 heteroatoms. The molecule has 0 aliphatic carbocycles. The van der Waals surface area contributed by atoms with Crippen molar-refractivity contribution in [3.63, 3.8) is 0 Å². The molecule has 5 aromatic rings. The number of aromatic amines is 1. The van der Waals surface area contributed by atoms with E-state index in [1.165, 1.54) is 5.56 Å². The van der Waals surface area contributed by atoms with Gasteiger partial charge in [0.15, 0.2) is 5.88 Å². The third-order valence-corrected chi connectivity index (χ3v) is 8.09. The lowest BCUT2D eigenvalue weighted by Crippen LogP contribution is -2.43. The number of aromatic nitrogens is 1. The number of H-pyrrole nitrogens is 1. The second-order valence-corrected chi connectivity index (χ2v) is 11.2. The molecule has 1 amide bonds. The second kappa shape index (κ2) is 13.2. The van der Waals surface area contributed by atoms with Gasteiger partial charge in [0, 0.05) is 61.3 Å². The van der Waals surface area contributed by atoms with Crippen LogP contribution < -0.4 is 10.1 Å². The molecular weight excluding hydrogens is 550 g/mol. The molecule has 6 rings (SSSR count). The molecule has 0 bridgehead atoms. The molecule has 3 N–H and O–H groups in total. The van der Waals surface area contributed by atoms with Crippen molar-refractivity contribution < 1.29 is 14.6 Å². The Kier molecular flexibility index (Phi) is 8.72. The molecule has 0 spiro atoms. The minimum absolute atomic E-state index is 0.00299. The summed E-state index contributed by atoms with van der Waals surface area (Å²) in [6.45, 7) is 5.58. The molecule has 0 unspecified atom stereocenters. The van der Waals surface area contributed by atoms with E-state index >= 15 is 0 Å². The van der Waals surface area contributed by atoms with Crippen molar-refractivity contribution in [1.82, 2.24) is 20.1 Å². The number of rotatable bonds is 9. The average molecular weight is 588 g/mol. The molecule has 0 radical (unpaired) electrons. The maximum Gasteiger partial charge on any atom is 0.251 e. The number of amides is 1. The highest BCUT2D eigenvalue weighted by atomic mass is 16.5. The van der Waals surface area contributed by atoms with E-state index in [1.807, 2.05) is 72.8 Å². The van der Waals surface area contributed by atoms with Crippen molar-refractivity contribution in [2.45, 2.75) is 13.1 Å². The number of likely N-dealkylation sites (N-methyl/N-ethyl adjacent to an activating group) is 1. The van der Waals surface area contributed by atoms with Crippen LogP contribution in [0.25, 0.3) is 10.9 Å². The molecule has 1 saturated heterocycles. The Morgan fingerprint density at radius 2 is 1.66 bits per heavy atom. The molecule has 0 saturated carbocycles. The number of methoxy groups -OCH3 is 1. The Bertz CT molecular complexity index is 1770. The molecule has 1 aromatic heterocycles. The zero-order valence-corrected chi connectivity index (χ0v) is 25.1. The minimum Gasteiger partial charge on any atom is -0.497 e. The summed E-state index contributed by atoms with van der Waals surface area (Å²) in [4.78, 5) is 26.2. The van der Waals surface area contributed by atoms with Crippen molar-refractivity contribution in [1.29, 1.82) is 0 Å². The minimum atomic E-state index is -0.213. The van der Waals surface area contributed by atoms with E-state index in [-0.39, 0.29) is 11.8 Å². The Morgan fingerprint density at radius 1 is 0.886 bits per heavy atom. The van der Waals surface area contributed by atoms with Crippen LogP contribution in [0.2, 0.25) is 0 Å². The van der Waals surface area contributed by atoms with Crippen molar-refractivity contribution >= 4 is 28.2 Å². The summed E-state index contributed by atoms with van der Waals surface area (Å²) in [6, 6.07) is 31.1. The van der Waals surface area contributed by atoms with E-state index < -0.39 is 0 Å². The molecular formula is C36H37N5O3. The van der Waals surface area contributed by atoms with Gasteiger partial charge in [-0.3, -0.25) is 9.69 Å². The molecule has 8 nitrogen and oxygen atoms in total. The maximum absolute atomic E-state index is 13.2. The van der Waals surface area contributed by atoms with Crippen LogP contribution in [0.15, 0.2) is 102 Å². The zero-order valence-electron chi connectivity index (χ0n) is 25.1. The highest BCUT2D eigenvalue weighted by molar-refractivity contribution is 6.22. The molecule has 44 heavy (non-hydrogen) atoms. The number of aliphatic imine (C=N–C) groups is 1. The van der Waals surface area contributed by atoms with Crippen molar-refractivity contribution in [3.05, 3.63) is 125 Å². The first kappa shape index (κ1) is 29.2. The van der Waals surface area contributed by atoms with Gasteiger partial charge in [-0.1, -0.05) is 54.6 Å². The predicted octanol–water partition coefficient (Wildman–Crippen LogP) is 5.73. The number of benzene rings is 4. The Morgan fingerprint density at radius 3 is 2.41 bits per heavy atom. The SMILES string of the molecule is COc1cccc(CNC(=O)c2ccc3[nH]c(O)c(C(=Nc4ccc(CN5CCN(C)CC5)cc4)c4ccccc4)c3c2)c1. The number of piperazine rings is 1. The van der Waals surface area contributed by atoms with Gasteiger partial charge in [0.2, 0.25) is 0 Å². The van der Waals surface area contributed by atoms with Crippen molar-refractivity contribution in [2.24, 2.45) is 4.99 Å². The van der Waals surface area contributed by atoms with Gasteiger partial charge < -0.3 is 25.0 Å². The van der Waals surface area contributed by atoms with Crippen molar-refractivity contribution in [3.8, 4) is 11.6 Å². The van der Waals surface area contributed by atoms with E-state index in [9.17, 15) is 9.90 Å². The number of carbonyl (C=O) groups is 1. The predicted molar refractivity (Wildman–Crippen MR) is 175 cm³/mol. The number of hydrogen-bond donors (Lipinski definition) is 3. The third-order valence-electron chi connectivity index (χ3n) is 8.09. The summed E-state index contributed by atoms with van der Waals surface area (Å²) in [5.41, 5.74) is 6.20. The van der Waals surface area contributed by atoms with Gasteiger partial charge in [0.1, 0.15) is 5.75 Å². The lowest BCUT2D eigenvalue weighted by molar-refractivity contribution is 0.0951. The van der Waals surface area contributed by atoms with Gasteiger partial charge in [0.25, 0.3) is 5.91 Å². The lowest BCUT2D eigenvalue weighted by atomic mass is 9.99. The monoisotopic (exact) mass is 587 g/mol. The second-order valence-electron chi connectivity index (χ2n) is 11.2. The van der Waals surface area contributed by atoms with E-state index in [4.69, 9.17) is 9.73 Å². The highest BCUT2D eigenvalue weighted by Crippen LogP contribution is 2.32. The van der Waals surface area contributed by atoms with Crippen LogP contribution in [0.3, 0.4) is 0 Å². The number of nitrogens with one attached hydrogen (secondary N) is 2. The van der Waals surface area contributed by atoms with Gasteiger partial charge in [0.05, 0.1) is 24.1 Å². The van der Waals surface area contributed by atoms with Crippen LogP contribution in [0.5, 0.6) is 11.6 Å². The summed E-state index contributed by atoms with van der Waals surface area (Å²) in [5, 5.41) is 14.9. The van der Waals surface area contributed by atoms with Crippen LogP contribution in [0, 0.1) is 0 Å². The topological polar surface area (TPSA) is 93.2 Å². The van der Waals surface area contributed by atoms with E-state index in [0.717, 1.165) is 55.3 Å². The Labute approximate surface area is 257 Å². The Balaban J connectivity index is 1.30. The third kappa shape index (κ3) is 6.67. The Hall–Kier alpha value is -4.92. The van der Waals surface area contributed by atoms with Gasteiger partial charge >= 0.3 is 0 Å². The molecule has 0 atom stereocenters. The number of carbonyl (C=O) groups excluding carboxylic acids is 1. The smallest absolute Gasteiger partial charge is 0.251 e. The largest absolute Gasteiger partial charge is 0.497 e. The average Bonchev–Trinajstić information content (AvgIpc) is 3.39. The quantitative estimate of drug-likeness (QED) is 0.192. The number of fused-ring (bicyclic) bond motifs is 1. The summed E-state index contributed by atoms with van der Waals surface area (Å²) in [7, 11) is 3.79. The molecule has 1 aliphatic rings. The zero-order chi connectivity index (χ0) is 30.5. The lowest BCUT2D eigenvalue weighted by Gasteiger charge is -2.32. The number of nitrogens with zero attached hydrogens (tertiary/aromatic N) is 3. The van der Waals surface area contributed by atoms with Crippen molar-refractivity contribution in [2.75, 3.05) is 40.3 Å². The molecule has 4 aromatic carbocycles. The summed E-state index contributed by atoms with van der Waals surface area (Å²) >= 11 is 0. The number of hydrogen-bond acceptors (Lipinski definition) is 6. The van der Waals surface area contributed by atoms with Crippen LogP contribution in [-0.4, -0.2) is 71.8 Å².